The minimum atomic E-state index is -0.666. The Kier molecular flexibility index (Phi) is 5.58. The second-order valence-electron chi connectivity index (χ2n) is 5.49. The molecule has 1 N–H and O–H groups in total. The first-order valence-electron chi connectivity index (χ1n) is 7.77. The predicted octanol–water partition coefficient (Wildman–Crippen LogP) is 3.94. The second kappa shape index (κ2) is 7.88. The lowest BCUT2D eigenvalue weighted by Crippen LogP contribution is -2.32. The lowest BCUT2D eigenvalue weighted by Gasteiger charge is -2.16. The van der Waals surface area contributed by atoms with Gasteiger partial charge in [-0.1, -0.05) is 35.5 Å². The van der Waals surface area contributed by atoms with Crippen molar-refractivity contribution >= 4 is 51.7 Å². The molecule has 1 atom stereocenters. The molecule has 1 saturated heterocycles. The highest BCUT2D eigenvalue weighted by molar-refractivity contribution is 8.15. The number of carbonyl (C=O) groups is 2. The number of imide groups is 1. The summed E-state index contributed by atoms with van der Waals surface area (Å²) in [6.45, 7) is 0. The van der Waals surface area contributed by atoms with Gasteiger partial charge in [-0.25, -0.2) is 9.29 Å². The van der Waals surface area contributed by atoms with Gasteiger partial charge in [0.05, 0.1) is 5.69 Å². The van der Waals surface area contributed by atoms with Gasteiger partial charge in [0.15, 0.2) is 5.17 Å². The molecular formula is C18H15ClFN3O2S. The molecule has 2 amide bonds. The second-order valence-corrected chi connectivity index (χ2v) is 7.12. The van der Waals surface area contributed by atoms with Crippen LogP contribution < -0.4 is 10.2 Å². The molecule has 2 aromatic carbocycles. The predicted molar refractivity (Wildman–Crippen MR) is 103 cm³/mol. The van der Waals surface area contributed by atoms with Gasteiger partial charge in [-0.05, 0) is 36.4 Å². The fraction of sp³-hybridized carbons (Fsp3) is 0.167. The Bertz CT molecular complexity index is 873. The minimum Gasteiger partial charge on any atom is -0.335 e. The van der Waals surface area contributed by atoms with Crippen LogP contribution in [0.2, 0.25) is 5.02 Å². The monoisotopic (exact) mass is 391 g/mol. The first kappa shape index (κ1) is 18.4. The number of nitrogens with zero attached hydrogens (tertiary/aromatic N) is 2. The van der Waals surface area contributed by atoms with Crippen LogP contribution in [0, 0.1) is 5.82 Å². The zero-order chi connectivity index (χ0) is 18.7. The van der Waals surface area contributed by atoms with Crippen molar-refractivity contribution in [2.45, 2.75) is 11.7 Å². The van der Waals surface area contributed by atoms with E-state index in [1.54, 1.807) is 37.4 Å². The Balaban J connectivity index is 1.73. The third-order valence-corrected chi connectivity index (χ3v) is 5.16. The summed E-state index contributed by atoms with van der Waals surface area (Å²) >= 11 is 7.00. The molecule has 1 aliphatic heterocycles. The van der Waals surface area contributed by atoms with Gasteiger partial charge >= 0.3 is 0 Å². The minimum absolute atomic E-state index is 0.0147. The van der Waals surface area contributed by atoms with E-state index in [4.69, 9.17) is 11.6 Å². The van der Waals surface area contributed by atoms with Crippen LogP contribution in [0.25, 0.3) is 0 Å². The standard InChI is InChI=1S/C18H15ClFN3O2S/c1-21-18(22-12-8-6-11(19)7-9-12)26-15-10-16(24)23(17(15)25)14-5-3-2-4-13(14)20/h2-9,15H,10H2,1H3,(H,21,22). The number of para-hydroxylation sites is 1. The summed E-state index contributed by atoms with van der Waals surface area (Å²) in [6, 6.07) is 12.7. The van der Waals surface area contributed by atoms with Crippen molar-refractivity contribution in [3.05, 3.63) is 59.4 Å². The molecule has 0 spiro atoms. The van der Waals surface area contributed by atoms with Crippen LogP contribution in [0.15, 0.2) is 53.5 Å². The molecular weight excluding hydrogens is 377 g/mol. The van der Waals surface area contributed by atoms with Gasteiger partial charge in [0.2, 0.25) is 11.8 Å². The summed E-state index contributed by atoms with van der Waals surface area (Å²) in [5.74, 6) is -1.49. The summed E-state index contributed by atoms with van der Waals surface area (Å²) < 4.78 is 14.0. The van der Waals surface area contributed by atoms with E-state index in [2.05, 4.69) is 10.3 Å². The number of halogens is 2. The zero-order valence-electron chi connectivity index (χ0n) is 13.8. The van der Waals surface area contributed by atoms with Crippen LogP contribution >= 0.6 is 23.4 Å². The first-order chi connectivity index (χ1) is 12.5. The highest BCUT2D eigenvalue weighted by Crippen LogP contribution is 2.32. The molecule has 1 unspecified atom stereocenters. The van der Waals surface area contributed by atoms with E-state index in [0.29, 0.717) is 10.2 Å². The quantitative estimate of drug-likeness (QED) is 0.489. The molecule has 3 rings (SSSR count). The molecule has 0 aliphatic carbocycles. The number of amidine groups is 1. The molecule has 1 fully saturated rings. The number of carbonyl (C=O) groups excluding carboxylic acids is 2. The number of hydrogen-bond donors (Lipinski definition) is 1. The number of aliphatic imine (C=N–C) groups is 1. The molecule has 1 aliphatic rings. The molecule has 0 bridgehead atoms. The van der Waals surface area contributed by atoms with Gasteiger partial charge in [-0.3, -0.25) is 14.6 Å². The van der Waals surface area contributed by atoms with Gasteiger partial charge in [-0.2, -0.15) is 0 Å². The van der Waals surface area contributed by atoms with Gasteiger partial charge < -0.3 is 5.32 Å². The SMILES string of the molecule is CN=C(Nc1ccc(Cl)cc1)SC1CC(=O)N(c2ccccc2F)C1=O. The van der Waals surface area contributed by atoms with Crippen LogP contribution in [0.4, 0.5) is 15.8 Å². The molecule has 0 aromatic heterocycles. The van der Waals surface area contributed by atoms with Gasteiger partial charge in [-0.15, -0.1) is 0 Å². The van der Waals surface area contributed by atoms with Crippen LogP contribution in [0.5, 0.6) is 0 Å². The van der Waals surface area contributed by atoms with E-state index in [0.717, 1.165) is 22.3 Å². The molecule has 0 saturated carbocycles. The van der Waals surface area contributed by atoms with Crippen LogP contribution in [0.3, 0.4) is 0 Å². The summed E-state index contributed by atoms with van der Waals surface area (Å²) in [4.78, 5) is 29.9. The topological polar surface area (TPSA) is 61.8 Å². The summed E-state index contributed by atoms with van der Waals surface area (Å²) in [5.41, 5.74) is 0.733. The Labute approximate surface area is 159 Å². The fourth-order valence-electron chi connectivity index (χ4n) is 2.51. The highest BCUT2D eigenvalue weighted by atomic mass is 35.5. The normalized spacial score (nSPS) is 17.7. The van der Waals surface area contributed by atoms with Gasteiger partial charge in [0, 0.05) is 24.2 Å². The maximum absolute atomic E-state index is 14.0. The maximum Gasteiger partial charge on any atom is 0.247 e. The fourth-order valence-corrected chi connectivity index (χ4v) is 3.62. The lowest BCUT2D eigenvalue weighted by molar-refractivity contribution is -0.121. The van der Waals surface area contributed by atoms with E-state index in [1.165, 1.54) is 18.2 Å². The molecule has 134 valence electrons. The summed E-state index contributed by atoms with van der Waals surface area (Å²) in [5, 5.41) is 3.50. The van der Waals surface area contributed by atoms with Crippen molar-refractivity contribution in [3.8, 4) is 0 Å². The third kappa shape index (κ3) is 3.89. The molecule has 26 heavy (non-hydrogen) atoms. The Morgan fingerprint density at radius 3 is 2.58 bits per heavy atom. The zero-order valence-corrected chi connectivity index (χ0v) is 15.4. The van der Waals surface area contributed by atoms with E-state index in [1.807, 2.05) is 0 Å². The average Bonchev–Trinajstić information content (AvgIpc) is 2.90. The molecule has 2 aromatic rings. The smallest absolute Gasteiger partial charge is 0.247 e. The van der Waals surface area contributed by atoms with E-state index in [-0.39, 0.29) is 12.1 Å². The highest BCUT2D eigenvalue weighted by Gasteiger charge is 2.41. The van der Waals surface area contributed by atoms with Crippen molar-refractivity contribution < 1.29 is 14.0 Å². The maximum atomic E-state index is 14.0. The van der Waals surface area contributed by atoms with Crippen molar-refractivity contribution in [2.75, 3.05) is 17.3 Å². The van der Waals surface area contributed by atoms with Crippen LogP contribution in [0.1, 0.15) is 6.42 Å². The van der Waals surface area contributed by atoms with E-state index < -0.39 is 22.9 Å². The average molecular weight is 392 g/mol. The Morgan fingerprint density at radius 2 is 1.92 bits per heavy atom. The molecule has 8 heteroatoms. The number of rotatable bonds is 3. The van der Waals surface area contributed by atoms with Crippen LogP contribution in [-0.2, 0) is 9.59 Å². The van der Waals surface area contributed by atoms with Crippen molar-refractivity contribution in [1.82, 2.24) is 0 Å². The molecule has 5 nitrogen and oxygen atoms in total. The lowest BCUT2D eigenvalue weighted by atomic mass is 10.3. The van der Waals surface area contributed by atoms with Gasteiger partial charge in [0.25, 0.3) is 0 Å². The molecule has 0 radical (unpaired) electrons. The number of benzene rings is 2. The number of anilines is 2. The Morgan fingerprint density at radius 1 is 1.23 bits per heavy atom. The number of amides is 2. The Hall–Kier alpha value is -2.38. The van der Waals surface area contributed by atoms with E-state index >= 15 is 0 Å². The van der Waals surface area contributed by atoms with Crippen molar-refractivity contribution in [1.29, 1.82) is 0 Å². The molecule has 1 heterocycles. The first-order valence-corrected chi connectivity index (χ1v) is 9.02. The summed E-state index contributed by atoms with van der Waals surface area (Å²) in [7, 11) is 1.58. The third-order valence-electron chi connectivity index (χ3n) is 3.75. The van der Waals surface area contributed by atoms with Crippen molar-refractivity contribution in [2.24, 2.45) is 4.99 Å². The van der Waals surface area contributed by atoms with Gasteiger partial charge in [0.1, 0.15) is 11.1 Å². The number of thioether (sulfide) groups is 1. The largest absolute Gasteiger partial charge is 0.335 e. The summed E-state index contributed by atoms with van der Waals surface area (Å²) in [6.07, 6.45) is -0.0147. The van der Waals surface area contributed by atoms with Crippen molar-refractivity contribution in [3.63, 3.8) is 0 Å². The van der Waals surface area contributed by atoms with E-state index in [9.17, 15) is 14.0 Å². The number of nitrogens with one attached hydrogen (secondary N) is 1. The van der Waals surface area contributed by atoms with Crippen LogP contribution in [-0.4, -0.2) is 29.3 Å². The number of hydrogen-bond acceptors (Lipinski definition) is 4.